The summed E-state index contributed by atoms with van der Waals surface area (Å²) in [7, 11) is -1.74. The first kappa shape index (κ1) is 19.8. The molecule has 25 heavy (non-hydrogen) atoms. The maximum Gasteiger partial charge on any atom is 0.238 e. The molecular formula is C17H24F2N2O3S. The fourth-order valence-electron chi connectivity index (χ4n) is 3.14. The van der Waals surface area contributed by atoms with Crippen LogP contribution in [0.15, 0.2) is 18.2 Å². The molecule has 0 saturated carbocycles. The van der Waals surface area contributed by atoms with Crippen molar-refractivity contribution in [2.24, 2.45) is 0 Å². The summed E-state index contributed by atoms with van der Waals surface area (Å²) in [6, 6.07) is 2.95. The normalized spacial score (nSPS) is 23.0. The van der Waals surface area contributed by atoms with Crippen LogP contribution in [0, 0.1) is 11.6 Å². The second kappa shape index (κ2) is 7.37. The number of amides is 1. The van der Waals surface area contributed by atoms with E-state index in [-0.39, 0.29) is 12.1 Å². The van der Waals surface area contributed by atoms with Crippen LogP contribution >= 0.6 is 0 Å². The minimum Gasteiger partial charge on any atom is -0.350 e. The van der Waals surface area contributed by atoms with E-state index in [9.17, 15) is 22.0 Å². The molecule has 1 fully saturated rings. The van der Waals surface area contributed by atoms with Gasteiger partial charge in [0.2, 0.25) is 5.91 Å². The molecule has 0 bridgehead atoms. The molecule has 0 aliphatic carbocycles. The van der Waals surface area contributed by atoms with Gasteiger partial charge in [-0.1, -0.05) is 6.07 Å². The molecule has 1 aliphatic rings. The lowest BCUT2D eigenvalue weighted by atomic mass is 10.00. The van der Waals surface area contributed by atoms with E-state index >= 15 is 0 Å². The Morgan fingerprint density at radius 2 is 1.88 bits per heavy atom. The van der Waals surface area contributed by atoms with E-state index in [2.05, 4.69) is 5.32 Å². The molecule has 1 aromatic rings. The van der Waals surface area contributed by atoms with Crippen LogP contribution < -0.4 is 5.32 Å². The molecule has 0 unspecified atom stereocenters. The van der Waals surface area contributed by atoms with Gasteiger partial charge in [-0.2, -0.15) is 0 Å². The summed E-state index contributed by atoms with van der Waals surface area (Å²) in [5.74, 6) is -2.44. The highest BCUT2D eigenvalue weighted by molar-refractivity contribution is 7.93. The van der Waals surface area contributed by atoms with Crippen molar-refractivity contribution in [2.75, 3.05) is 13.6 Å². The second-order valence-electron chi connectivity index (χ2n) is 6.78. The van der Waals surface area contributed by atoms with Crippen molar-refractivity contribution >= 4 is 15.7 Å². The smallest absolute Gasteiger partial charge is 0.238 e. The number of carbonyl (C=O) groups is 1. The zero-order valence-corrected chi connectivity index (χ0v) is 15.6. The second-order valence-corrected chi connectivity index (χ2v) is 9.61. The van der Waals surface area contributed by atoms with Crippen molar-refractivity contribution in [2.45, 2.75) is 49.8 Å². The predicted molar refractivity (Wildman–Crippen MR) is 91.8 cm³/mol. The topological polar surface area (TPSA) is 66.5 Å². The minimum absolute atomic E-state index is 0.340. The molecule has 1 amide bonds. The number of halogens is 2. The number of likely N-dealkylation sites (N-methyl/N-ethyl adjacent to an activating group) is 1. The van der Waals surface area contributed by atoms with Gasteiger partial charge >= 0.3 is 0 Å². The number of rotatable bonds is 5. The van der Waals surface area contributed by atoms with Gasteiger partial charge in [-0.05, 0) is 51.9 Å². The summed E-state index contributed by atoms with van der Waals surface area (Å²) < 4.78 is 51.1. The molecule has 0 radical (unpaired) electrons. The van der Waals surface area contributed by atoms with E-state index in [1.165, 1.54) is 26.8 Å². The number of hydrogen-bond donors (Lipinski definition) is 1. The number of hydrogen-bond acceptors (Lipinski definition) is 4. The molecule has 0 spiro atoms. The number of nitrogens with one attached hydrogen (secondary N) is 1. The molecule has 1 saturated heterocycles. The Morgan fingerprint density at radius 3 is 2.44 bits per heavy atom. The Morgan fingerprint density at radius 1 is 1.24 bits per heavy atom. The third kappa shape index (κ3) is 4.00. The van der Waals surface area contributed by atoms with Crippen LogP contribution in [0.3, 0.4) is 0 Å². The quantitative estimate of drug-likeness (QED) is 0.857. The van der Waals surface area contributed by atoms with Crippen LogP contribution in [-0.2, 0) is 14.6 Å². The summed E-state index contributed by atoms with van der Waals surface area (Å²) in [5.41, 5.74) is 0.545. The number of likely N-dealkylation sites (tertiary alicyclic amines) is 1. The average molecular weight is 374 g/mol. The number of benzene rings is 1. The molecule has 1 aromatic carbocycles. The lowest BCUT2D eigenvalue weighted by Crippen LogP contribution is -2.46. The third-order valence-electron chi connectivity index (χ3n) is 4.78. The van der Waals surface area contributed by atoms with Crippen LogP contribution in [-0.4, -0.2) is 49.4 Å². The van der Waals surface area contributed by atoms with Crippen molar-refractivity contribution in [1.82, 2.24) is 10.2 Å². The molecule has 5 nitrogen and oxygen atoms in total. The van der Waals surface area contributed by atoms with Crippen LogP contribution in [0.2, 0.25) is 0 Å². The van der Waals surface area contributed by atoms with Gasteiger partial charge in [0.1, 0.15) is 5.25 Å². The van der Waals surface area contributed by atoms with Gasteiger partial charge in [-0.15, -0.1) is 0 Å². The predicted octanol–water partition coefficient (Wildman–Crippen LogP) is 2.04. The van der Waals surface area contributed by atoms with Gasteiger partial charge in [0.05, 0.1) is 11.3 Å². The van der Waals surface area contributed by atoms with Crippen LogP contribution in [0.5, 0.6) is 0 Å². The monoisotopic (exact) mass is 374 g/mol. The number of nitrogens with zero attached hydrogens (tertiary/aromatic N) is 1. The first-order chi connectivity index (χ1) is 11.6. The van der Waals surface area contributed by atoms with Gasteiger partial charge in [0.15, 0.2) is 21.5 Å². The van der Waals surface area contributed by atoms with Gasteiger partial charge in [-0.3, -0.25) is 9.69 Å². The zero-order valence-electron chi connectivity index (χ0n) is 14.8. The third-order valence-corrected chi connectivity index (χ3v) is 7.29. The highest BCUT2D eigenvalue weighted by atomic mass is 32.2. The molecular weight excluding hydrogens is 350 g/mol. The zero-order chi connectivity index (χ0) is 18.9. The fraction of sp³-hybridized carbons (Fsp3) is 0.588. The van der Waals surface area contributed by atoms with Gasteiger partial charge < -0.3 is 5.32 Å². The van der Waals surface area contributed by atoms with Crippen LogP contribution in [0.1, 0.15) is 38.8 Å². The Labute approximate surface area is 147 Å². The largest absolute Gasteiger partial charge is 0.350 e. The van der Waals surface area contributed by atoms with Crippen molar-refractivity contribution in [1.29, 1.82) is 0 Å². The first-order valence-electron chi connectivity index (χ1n) is 8.24. The maximum absolute atomic E-state index is 13.6. The number of sulfone groups is 1. The van der Waals surface area contributed by atoms with Crippen LogP contribution in [0.4, 0.5) is 8.78 Å². The number of carbonyl (C=O) groups excluding carboxylic acids is 1. The summed E-state index contributed by atoms with van der Waals surface area (Å²) in [6.07, 6.45) is 0.598. The molecule has 1 heterocycles. The van der Waals surface area contributed by atoms with Crippen molar-refractivity contribution < 1.29 is 22.0 Å². The van der Waals surface area contributed by atoms with E-state index < -0.39 is 37.9 Å². The van der Waals surface area contributed by atoms with E-state index in [4.69, 9.17) is 0 Å². The summed E-state index contributed by atoms with van der Waals surface area (Å²) in [6.45, 7) is 5.09. The highest BCUT2D eigenvalue weighted by Crippen LogP contribution is 2.32. The summed E-state index contributed by atoms with van der Waals surface area (Å²) >= 11 is 0. The van der Waals surface area contributed by atoms with Crippen molar-refractivity contribution in [3.63, 3.8) is 0 Å². The molecule has 8 heteroatoms. The average Bonchev–Trinajstić information content (AvgIpc) is 2.89. The summed E-state index contributed by atoms with van der Waals surface area (Å²) in [5, 5.41) is 0.962. The highest BCUT2D eigenvalue weighted by Gasteiger charge is 2.37. The lowest BCUT2D eigenvalue weighted by molar-refractivity contribution is -0.121. The van der Waals surface area contributed by atoms with Crippen molar-refractivity contribution in [3.8, 4) is 0 Å². The molecule has 2 rings (SSSR count). The van der Waals surface area contributed by atoms with Gasteiger partial charge in [0.25, 0.3) is 0 Å². The van der Waals surface area contributed by atoms with E-state index in [0.717, 1.165) is 12.1 Å². The Kier molecular flexibility index (Phi) is 5.83. The molecule has 1 N–H and O–H groups in total. The molecule has 140 valence electrons. The lowest BCUT2D eigenvalue weighted by Gasteiger charge is -2.27. The standard InChI is InChI=1S/C17H24F2N2O3S/c1-10(2)25(23,24)11(3)17(22)20-15-7-8-21(4)16(15)12-5-6-13(18)14(19)9-12/h5-6,9-11,15-16H,7-8H2,1-4H3,(H,20,22)/t11-,15-,16-/m1/s1. The van der Waals surface area contributed by atoms with Crippen molar-refractivity contribution in [3.05, 3.63) is 35.4 Å². The molecule has 0 aromatic heterocycles. The van der Waals surface area contributed by atoms with Gasteiger partial charge in [-0.25, -0.2) is 17.2 Å². The van der Waals surface area contributed by atoms with E-state index in [1.54, 1.807) is 0 Å². The Hall–Kier alpha value is -1.54. The summed E-state index contributed by atoms with van der Waals surface area (Å²) in [4.78, 5) is 14.3. The first-order valence-corrected chi connectivity index (χ1v) is 9.85. The Bertz CT molecular complexity index is 752. The molecule has 3 atom stereocenters. The SMILES string of the molecule is CC(C)S(=O)(=O)[C@H](C)C(=O)N[C@@H]1CCN(C)[C@@H]1c1ccc(F)c(F)c1. The van der Waals surface area contributed by atoms with E-state index in [0.29, 0.717) is 18.5 Å². The van der Waals surface area contributed by atoms with Crippen LogP contribution in [0.25, 0.3) is 0 Å². The Balaban J connectivity index is 2.20. The molecule has 1 aliphatic heterocycles. The maximum atomic E-state index is 13.6. The fourth-order valence-corrected chi connectivity index (χ4v) is 4.32. The minimum atomic E-state index is -3.56. The van der Waals surface area contributed by atoms with E-state index in [1.807, 2.05) is 11.9 Å². The van der Waals surface area contributed by atoms with Gasteiger partial charge in [0, 0.05) is 12.6 Å².